The van der Waals surface area contributed by atoms with Crippen molar-refractivity contribution in [1.29, 1.82) is 0 Å². The Hall–Kier alpha value is -2.73. The van der Waals surface area contributed by atoms with E-state index in [1.807, 2.05) is 37.3 Å². The van der Waals surface area contributed by atoms with Crippen LogP contribution in [0.15, 0.2) is 42.5 Å². The van der Waals surface area contributed by atoms with Gasteiger partial charge in [0.25, 0.3) is 0 Å². The summed E-state index contributed by atoms with van der Waals surface area (Å²) < 4.78 is 10.6. The van der Waals surface area contributed by atoms with E-state index < -0.39 is 6.04 Å². The number of rotatable bonds is 10. The molecule has 0 fully saturated rings. The quantitative estimate of drug-likeness (QED) is 0.619. The number of benzene rings is 2. The van der Waals surface area contributed by atoms with Crippen LogP contribution >= 0.6 is 11.6 Å². The zero-order valence-corrected chi connectivity index (χ0v) is 18.7. The number of amides is 2. The van der Waals surface area contributed by atoms with Crippen LogP contribution in [0.5, 0.6) is 11.5 Å². The number of nitrogens with one attached hydrogen (secondary N) is 1. The number of hydrogen-bond acceptors (Lipinski definition) is 4. The minimum Gasteiger partial charge on any atom is -0.493 e. The smallest absolute Gasteiger partial charge is 0.242 e. The molecule has 2 amide bonds. The Kier molecular flexibility index (Phi) is 8.99. The van der Waals surface area contributed by atoms with Crippen LogP contribution in [-0.4, -0.2) is 43.5 Å². The number of likely N-dealkylation sites (N-methyl/N-ethyl adjacent to an activating group) is 1. The normalized spacial score (nSPS) is 11.5. The van der Waals surface area contributed by atoms with Gasteiger partial charge in [-0.2, -0.15) is 0 Å². The first kappa shape index (κ1) is 23.5. The molecule has 30 heavy (non-hydrogen) atoms. The number of halogens is 1. The molecule has 2 aromatic rings. The van der Waals surface area contributed by atoms with Gasteiger partial charge in [0.2, 0.25) is 11.8 Å². The average Bonchev–Trinajstić information content (AvgIpc) is 2.75. The van der Waals surface area contributed by atoms with E-state index in [1.54, 1.807) is 38.2 Å². The molecule has 0 aliphatic heterocycles. The van der Waals surface area contributed by atoms with Crippen molar-refractivity contribution in [1.82, 2.24) is 10.2 Å². The van der Waals surface area contributed by atoms with Crippen LogP contribution in [0.3, 0.4) is 0 Å². The molecule has 0 aromatic heterocycles. The van der Waals surface area contributed by atoms with Crippen LogP contribution in [-0.2, 0) is 22.6 Å². The van der Waals surface area contributed by atoms with Crippen LogP contribution in [0.2, 0.25) is 5.02 Å². The van der Waals surface area contributed by atoms with E-state index in [-0.39, 0.29) is 18.2 Å². The Morgan fingerprint density at radius 2 is 1.80 bits per heavy atom. The molecular formula is C23H29ClN2O4. The number of carbonyl (C=O) groups is 2. The molecule has 0 saturated heterocycles. The minimum absolute atomic E-state index is 0.108. The highest BCUT2D eigenvalue weighted by molar-refractivity contribution is 6.30. The predicted octanol–water partition coefficient (Wildman–Crippen LogP) is 3.84. The van der Waals surface area contributed by atoms with Gasteiger partial charge in [0, 0.05) is 24.5 Å². The number of carbonyl (C=O) groups excluding carboxylic acids is 2. The van der Waals surface area contributed by atoms with Crippen molar-refractivity contribution in [2.75, 3.05) is 20.8 Å². The van der Waals surface area contributed by atoms with Gasteiger partial charge in [-0.1, -0.05) is 29.8 Å². The van der Waals surface area contributed by atoms with Crippen LogP contribution < -0.4 is 14.8 Å². The van der Waals surface area contributed by atoms with Crippen LogP contribution in [0.1, 0.15) is 31.4 Å². The second kappa shape index (κ2) is 11.5. The van der Waals surface area contributed by atoms with Crippen LogP contribution in [0.4, 0.5) is 0 Å². The van der Waals surface area contributed by atoms with Crippen molar-refractivity contribution in [3.8, 4) is 11.5 Å². The Morgan fingerprint density at radius 3 is 2.43 bits per heavy atom. The van der Waals surface area contributed by atoms with Gasteiger partial charge in [-0.25, -0.2) is 0 Å². The van der Waals surface area contributed by atoms with Gasteiger partial charge in [-0.05, 0) is 55.7 Å². The SMILES string of the molecule is CCNC(=O)[C@@H](C)N(Cc1cccc(Cl)c1)C(=O)CCc1ccc(OC)c(OC)c1. The third-order valence-electron chi connectivity index (χ3n) is 4.84. The lowest BCUT2D eigenvalue weighted by Crippen LogP contribution is -2.47. The highest BCUT2D eigenvalue weighted by Gasteiger charge is 2.25. The zero-order valence-electron chi connectivity index (χ0n) is 17.9. The van der Waals surface area contributed by atoms with E-state index in [2.05, 4.69) is 5.32 Å². The second-order valence-corrected chi connectivity index (χ2v) is 7.35. The highest BCUT2D eigenvalue weighted by atomic mass is 35.5. The van der Waals surface area contributed by atoms with E-state index in [4.69, 9.17) is 21.1 Å². The third kappa shape index (κ3) is 6.39. The fourth-order valence-electron chi connectivity index (χ4n) is 3.17. The summed E-state index contributed by atoms with van der Waals surface area (Å²) in [7, 11) is 3.16. The van der Waals surface area contributed by atoms with Gasteiger partial charge in [0.15, 0.2) is 11.5 Å². The van der Waals surface area contributed by atoms with E-state index in [0.29, 0.717) is 36.0 Å². The van der Waals surface area contributed by atoms with E-state index >= 15 is 0 Å². The molecule has 0 saturated carbocycles. The lowest BCUT2D eigenvalue weighted by molar-refractivity contribution is -0.140. The van der Waals surface area contributed by atoms with E-state index in [0.717, 1.165) is 11.1 Å². The Balaban J connectivity index is 2.16. The maximum Gasteiger partial charge on any atom is 0.242 e. The fourth-order valence-corrected chi connectivity index (χ4v) is 3.38. The molecular weight excluding hydrogens is 404 g/mol. The van der Waals surface area contributed by atoms with Crippen molar-refractivity contribution in [2.45, 2.75) is 39.3 Å². The van der Waals surface area contributed by atoms with Crippen LogP contribution in [0, 0.1) is 0 Å². The summed E-state index contributed by atoms with van der Waals surface area (Å²) in [6, 6.07) is 12.3. The lowest BCUT2D eigenvalue weighted by atomic mass is 10.1. The number of nitrogens with zero attached hydrogens (tertiary/aromatic N) is 1. The average molecular weight is 433 g/mol. The summed E-state index contributed by atoms with van der Waals surface area (Å²) in [6.07, 6.45) is 0.785. The standard InChI is InChI=1S/C23H29ClN2O4/c1-5-25-23(28)16(2)26(15-18-7-6-8-19(24)13-18)22(27)12-10-17-9-11-20(29-3)21(14-17)30-4/h6-9,11,13-14,16H,5,10,12,15H2,1-4H3,(H,25,28)/t16-/m1/s1. The molecule has 162 valence electrons. The molecule has 0 spiro atoms. The van der Waals surface area contributed by atoms with E-state index in [1.165, 1.54) is 0 Å². The molecule has 2 rings (SSSR count). The second-order valence-electron chi connectivity index (χ2n) is 6.91. The van der Waals surface area contributed by atoms with Gasteiger partial charge in [-0.15, -0.1) is 0 Å². The summed E-state index contributed by atoms with van der Waals surface area (Å²) in [6.45, 7) is 4.41. The fraction of sp³-hybridized carbons (Fsp3) is 0.391. The summed E-state index contributed by atoms with van der Waals surface area (Å²) in [4.78, 5) is 27.1. The van der Waals surface area contributed by atoms with Gasteiger partial charge in [-0.3, -0.25) is 9.59 Å². The summed E-state index contributed by atoms with van der Waals surface area (Å²) in [5.41, 5.74) is 1.83. The van der Waals surface area contributed by atoms with Gasteiger partial charge >= 0.3 is 0 Å². The molecule has 0 aliphatic carbocycles. The predicted molar refractivity (Wildman–Crippen MR) is 118 cm³/mol. The maximum atomic E-state index is 13.1. The Labute approximate surface area is 183 Å². The van der Waals surface area contributed by atoms with Gasteiger partial charge < -0.3 is 19.7 Å². The zero-order chi connectivity index (χ0) is 22.1. The molecule has 6 nitrogen and oxygen atoms in total. The van der Waals surface area contributed by atoms with Crippen LogP contribution in [0.25, 0.3) is 0 Å². The third-order valence-corrected chi connectivity index (χ3v) is 5.07. The number of hydrogen-bond donors (Lipinski definition) is 1. The molecule has 0 bridgehead atoms. The first-order valence-electron chi connectivity index (χ1n) is 9.92. The molecule has 1 N–H and O–H groups in total. The number of ether oxygens (including phenoxy) is 2. The molecule has 2 aromatic carbocycles. The Bertz CT molecular complexity index is 872. The Morgan fingerprint density at radius 1 is 1.07 bits per heavy atom. The number of methoxy groups -OCH3 is 2. The largest absolute Gasteiger partial charge is 0.493 e. The minimum atomic E-state index is -0.596. The monoisotopic (exact) mass is 432 g/mol. The lowest BCUT2D eigenvalue weighted by Gasteiger charge is -2.29. The van der Waals surface area contributed by atoms with Crippen molar-refractivity contribution < 1.29 is 19.1 Å². The molecule has 0 radical (unpaired) electrons. The highest BCUT2D eigenvalue weighted by Crippen LogP contribution is 2.28. The summed E-state index contributed by atoms with van der Waals surface area (Å²) >= 11 is 6.09. The maximum absolute atomic E-state index is 13.1. The van der Waals surface area contributed by atoms with Crippen molar-refractivity contribution >= 4 is 23.4 Å². The van der Waals surface area contributed by atoms with Gasteiger partial charge in [0.05, 0.1) is 14.2 Å². The van der Waals surface area contributed by atoms with Crippen molar-refractivity contribution in [3.05, 3.63) is 58.6 Å². The first-order chi connectivity index (χ1) is 14.4. The topological polar surface area (TPSA) is 67.9 Å². The molecule has 0 heterocycles. The van der Waals surface area contributed by atoms with Gasteiger partial charge in [0.1, 0.15) is 6.04 Å². The van der Waals surface area contributed by atoms with E-state index in [9.17, 15) is 9.59 Å². The summed E-state index contributed by atoms with van der Waals surface area (Å²) in [5, 5.41) is 3.38. The first-order valence-corrected chi connectivity index (χ1v) is 10.3. The summed E-state index contributed by atoms with van der Waals surface area (Å²) in [5.74, 6) is 0.969. The molecule has 1 atom stereocenters. The molecule has 7 heteroatoms. The molecule has 0 aliphatic rings. The number of aryl methyl sites for hydroxylation is 1. The van der Waals surface area contributed by atoms with Crippen molar-refractivity contribution in [2.24, 2.45) is 0 Å². The van der Waals surface area contributed by atoms with Crippen molar-refractivity contribution in [3.63, 3.8) is 0 Å². The molecule has 0 unspecified atom stereocenters.